The lowest BCUT2D eigenvalue weighted by atomic mass is 10.1. The zero-order chi connectivity index (χ0) is 16.1. The number of aryl methyl sites for hydroxylation is 2. The first-order chi connectivity index (χ1) is 11.1. The number of hydrogen-bond donors (Lipinski definition) is 0. The minimum Gasteiger partial charge on any atom is -0.272 e. The maximum absolute atomic E-state index is 14.4. The summed E-state index contributed by atoms with van der Waals surface area (Å²) in [6.07, 6.45) is 0. The van der Waals surface area contributed by atoms with Crippen molar-refractivity contribution < 1.29 is 4.39 Å². The fraction of sp³-hybridized carbons (Fsp3) is 0.118. The van der Waals surface area contributed by atoms with Gasteiger partial charge in [0, 0.05) is 4.47 Å². The summed E-state index contributed by atoms with van der Waals surface area (Å²) >= 11 is 3.48. The second-order valence-corrected chi connectivity index (χ2v) is 6.36. The smallest absolute Gasteiger partial charge is 0.183 e. The summed E-state index contributed by atoms with van der Waals surface area (Å²) in [6, 6.07) is 10.8. The van der Waals surface area contributed by atoms with Crippen molar-refractivity contribution in [2.45, 2.75) is 13.8 Å². The van der Waals surface area contributed by atoms with Gasteiger partial charge in [-0.05, 0) is 43.7 Å². The van der Waals surface area contributed by atoms with Gasteiger partial charge in [-0.1, -0.05) is 28.1 Å². The predicted molar refractivity (Wildman–Crippen MR) is 90.9 cm³/mol. The Balaban J connectivity index is 2.21. The summed E-state index contributed by atoms with van der Waals surface area (Å²) in [6.45, 7) is 3.75. The van der Waals surface area contributed by atoms with Crippen LogP contribution in [0.5, 0.6) is 0 Å². The SMILES string of the molecule is Cc1cccc(F)c1-c1nnc2c(C)nc3ccc(Br)cc3n12. The van der Waals surface area contributed by atoms with E-state index < -0.39 is 0 Å². The molecule has 114 valence electrons. The van der Waals surface area contributed by atoms with Crippen molar-refractivity contribution in [3.63, 3.8) is 0 Å². The number of rotatable bonds is 1. The Bertz CT molecular complexity index is 1050. The Morgan fingerprint density at radius 1 is 1.09 bits per heavy atom. The second kappa shape index (κ2) is 5.09. The van der Waals surface area contributed by atoms with Gasteiger partial charge in [-0.15, -0.1) is 10.2 Å². The molecule has 0 aliphatic rings. The molecule has 2 aromatic carbocycles. The van der Waals surface area contributed by atoms with Gasteiger partial charge in [-0.2, -0.15) is 0 Å². The Kier molecular flexibility index (Phi) is 3.16. The summed E-state index contributed by atoms with van der Waals surface area (Å²) in [5, 5.41) is 8.47. The van der Waals surface area contributed by atoms with Crippen LogP contribution in [0, 0.1) is 19.7 Å². The Morgan fingerprint density at radius 3 is 2.70 bits per heavy atom. The van der Waals surface area contributed by atoms with E-state index in [0.717, 1.165) is 26.8 Å². The number of aromatic nitrogens is 4. The molecule has 0 aliphatic heterocycles. The Labute approximate surface area is 140 Å². The highest BCUT2D eigenvalue weighted by Gasteiger charge is 2.18. The molecular weight excluding hydrogens is 359 g/mol. The molecule has 0 amide bonds. The fourth-order valence-corrected chi connectivity index (χ4v) is 3.17. The van der Waals surface area contributed by atoms with Crippen molar-refractivity contribution >= 4 is 32.6 Å². The number of benzene rings is 2. The first-order valence-corrected chi connectivity index (χ1v) is 7.92. The van der Waals surface area contributed by atoms with Crippen LogP contribution in [-0.2, 0) is 0 Å². The van der Waals surface area contributed by atoms with E-state index in [0.29, 0.717) is 17.0 Å². The zero-order valence-electron chi connectivity index (χ0n) is 12.5. The average Bonchev–Trinajstić information content (AvgIpc) is 2.94. The van der Waals surface area contributed by atoms with Crippen LogP contribution in [0.4, 0.5) is 4.39 Å². The minimum atomic E-state index is -0.308. The third-order valence-electron chi connectivity index (χ3n) is 3.90. The van der Waals surface area contributed by atoms with Gasteiger partial charge in [0.25, 0.3) is 0 Å². The van der Waals surface area contributed by atoms with Gasteiger partial charge in [-0.3, -0.25) is 4.40 Å². The summed E-state index contributed by atoms with van der Waals surface area (Å²) in [7, 11) is 0. The summed E-state index contributed by atoms with van der Waals surface area (Å²) < 4.78 is 17.2. The van der Waals surface area contributed by atoms with Gasteiger partial charge in [0.1, 0.15) is 5.82 Å². The van der Waals surface area contributed by atoms with Crippen LogP contribution in [0.1, 0.15) is 11.3 Å². The van der Waals surface area contributed by atoms with Crippen LogP contribution in [0.25, 0.3) is 28.1 Å². The summed E-state index contributed by atoms with van der Waals surface area (Å²) in [5.41, 5.74) is 4.32. The molecule has 0 N–H and O–H groups in total. The van der Waals surface area contributed by atoms with Gasteiger partial charge in [0.05, 0.1) is 22.3 Å². The van der Waals surface area contributed by atoms with Crippen molar-refractivity contribution in [3.05, 3.63) is 57.9 Å². The molecule has 4 aromatic rings. The van der Waals surface area contributed by atoms with E-state index >= 15 is 0 Å². The molecule has 0 bridgehead atoms. The molecule has 4 nitrogen and oxygen atoms in total. The van der Waals surface area contributed by atoms with Crippen LogP contribution in [0.15, 0.2) is 40.9 Å². The first-order valence-electron chi connectivity index (χ1n) is 7.13. The highest BCUT2D eigenvalue weighted by molar-refractivity contribution is 9.10. The molecule has 4 rings (SSSR count). The Morgan fingerprint density at radius 2 is 1.91 bits per heavy atom. The van der Waals surface area contributed by atoms with Crippen molar-refractivity contribution in [1.82, 2.24) is 19.6 Å². The first kappa shape index (κ1) is 14.3. The highest BCUT2D eigenvalue weighted by atomic mass is 79.9. The average molecular weight is 371 g/mol. The zero-order valence-corrected chi connectivity index (χ0v) is 14.1. The normalized spacial score (nSPS) is 11.5. The third-order valence-corrected chi connectivity index (χ3v) is 4.39. The van der Waals surface area contributed by atoms with Crippen LogP contribution in [0.2, 0.25) is 0 Å². The monoisotopic (exact) mass is 370 g/mol. The molecule has 0 radical (unpaired) electrons. The number of hydrogen-bond acceptors (Lipinski definition) is 3. The molecule has 2 heterocycles. The largest absolute Gasteiger partial charge is 0.272 e. The van der Waals surface area contributed by atoms with E-state index in [1.165, 1.54) is 6.07 Å². The topological polar surface area (TPSA) is 43.1 Å². The number of fused-ring (bicyclic) bond motifs is 3. The second-order valence-electron chi connectivity index (χ2n) is 5.44. The molecule has 23 heavy (non-hydrogen) atoms. The number of halogens is 2. The quantitative estimate of drug-likeness (QED) is 0.496. The van der Waals surface area contributed by atoms with Crippen molar-refractivity contribution in [2.24, 2.45) is 0 Å². The molecule has 0 atom stereocenters. The molecule has 0 spiro atoms. The molecule has 2 aromatic heterocycles. The van der Waals surface area contributed by atoms with Crippen LogP contribution < -0.4 is 0 Å². The van der Waals surface area contributed by atoms with Crippen LogP contribution >= 0.6 is 15.9 Å². The summed E-state index contributed by atoms with van der Waals surface area (Å²) in [5.74, 6) is 0.182. The Hall–Kier alpha value is -2.34. The molecule has 0 unspecified atom stereocenters. The molecule has 0 saturated carbocycles. The van der Waals surface area contributed by atoms with Crippen LogP contribution in [0.3, 0.4) is 0 Å². The standard InChI is InChI=1S/C17H12BrFN4/c1-9-4-3-5-12(19)15(9)17-22-21-16-10(2)20-13-7-6-11(18)8-14(13)23(16)17/h3-8H,1-2H3. The van der Waals surface area contributed by atoms with Gasteiger partial charge < -0.3 is 0 Å². The third kappa shape index (κ3) is 2.13. The van der Waals surface area contributed by atoms with Crippen molar-refractivity contribution in [3.8, 4) is 11.4 Å². The lowest BCUT2D eigenvalue weighted by Gasteiger charge is -2.09. The van der Waals surface area contributed by atoms with Gasteiger partial charge in [-0.25, -0.2) is 9.37 Å². The van der Waals surface area contributed by atoms with E-state index in [2.05, 4.69) is 31.1 Å². The lowest BCUT2D eigenvalue weighted by Crippen LogP contribution is -1.99. The molecule has 0 saturated heterocycles. The highest BCUT2D eigenvalue weighted by Crippen LogP contribution is 2.29. The van der Waals surface area contributed by atoms with E-state index in [1.54, 1.807) is 6.07 Å². The lowest BCUT2D eigenvalue weighted by molar-refractivity contribution is 0.628. The maximum atomic E-state index is 14.4. The summed E-state index contributed by atoms with van der Waals surface area (Å²) in [4.78, 5) is 4.56. The van der Waals surface area contributed by atoms with E-state index in [-0.39, 0.29) is 5.82 Å². The minimum absolute atomic E-state index is 0.308. The molecule has 6 heteroatoms. The maximum Gasteiger partial charge on any atom is 0.183 e. The predicted octanol–water partition coefficient (Wildman–Crippen LogP) is 4.46. The van der Waals surface area contributed by atoms with E-state index in [9.17, 15) is 4.39 Å². The molecular formula is C17H12BrFN4. The fourth-order valence-electron chi connectivity index (χ4n) is 2.82. The molecule has 0 fully saturated rings. The van der Waals surface area contributed by atoms with Gasteiger partial charge in [0.15, 0.2) is 11.5 Å². The number of nitrogens with zero attached hydrogens (tertiary/aromatic N) is 4. The van der Waals surface area contributed by atoms with Gasteiger partial charge in [0.2, 0.25) is 0 Å². The van der Waals surface area contributed by atoms with E-state index in [4.69, 9.17) is 0 Å². The molecule has 0 aliphatic carbocycles. The van der Waals surface area contributed by atoms with Gasteiger partial charge >= 0.3 is 0 Å². The van der Waals surface area contributed by atoms with Crippen LogP contribution in [-0.4, -0.2) is 19.6 Å². The van der Waals surface area contributed by atoms with Crippen molar-refractivity contribution in [2.75, 3.05) is 0 Å². The van der Waals surface area contributed by atoms with Crippen molar-refractivity contribution in [1.29, 1.82) is 0 Å². The van der Waals surface area contributed by atoms with E-state index in [1.807, 2.05) is 42.5 Å².